The molecule has 0 aliphatic carbocycles. The number of rotatable bonds is 7. The zero-order valence-electron chi connectivity index (χ0n) is 12.2. The molecule has 110 valence electrons. The van der Waals surface area contributed by atoms with E-state index < -0.39 is 5.97 Å². The minimum atomic E-state index is -0.836. The molecule has 0 amide bonds. The summed E-state index contributed by atoms with van der Waals surface area (Å²) >= 11 is 0. The summed E-state index contributed by atoms with van der Waals surface area (Å²) in [6.07, 6.45) is 8.62. The zero-order chi connectivity index (χ0) is 14.3. The highest BCUT2D eigenvalue weighted by atomic mass is 17.2. The number of carboxylic acids is 1. The molecule has 1 rings (SSSR count). The van der Waals surface area contributed by atoms with Gasteiger partial charge in [0.2, 0.25) is 0 Å². The second-order valence-electron chi connectivity index (χ2n) is 5.30. The van der Waals surface area contributed by atoms with E-state index in [1.54, 1.807) is 0 Å². The third kappa shape index (κ3) is 4.62. The second-order valence-corrected chi connectivity index (χ2v) is 5.30. The van der Waals surface area contributed by atoms with Crippen molar-refractivity contribution >= 4 is 5.97 Å². The highest BCUT2D eigenvalue weighted by Crippen LogP contribution is 2.37. The van der Waals surface area contributed by atoms with Crippen LogP contribution in [0.4, 0.5) is 0 Å². The van der Waals surface area contributed by atoms with E-state index in [4.69, 9.17) is 14.9 Å². The lowest BCUT2D eigenvalue weighted by molar-refractivity contribution is -0.409. The van der Waals surface area contributed by atoms with E-state index in [-0.39, 0.29) is 24.0 Å². The summed E-state index contributed by atoms with van der Waals surface area (Å²) in [6.45, 7) is 6.28. The van der Waals surface area contributed by atoms with Crippen LogP contribution < -0.4 is 0 Å². The fourth-order valence-corrected chi connectivity index (χ4v) is 2.51. The fourth-order valence-electron chi connectivity index (χ4n) is 2.51. The van der Waals surface area contributed by atoms with Crippen molar-refractivity contribution in [2.75, 3.05) is 0 Å². The molecular formula is C15H26O4. The molecule has 1 N–H and O–H groups in total. The average molecular weight is 270 g/mol. The largest absolute Gasteiger partial charge is 0.481 e. The molecule has 1 heterocycles. The van der Waals surface area contributed by atoms with Crippen LogP contribution in [-0.4, -0.2) is 22.8 Å². The van der Waals surface area contributed by atoms with Gasteiger partial charge in [-0.05, 0) is 25.2 Å². The molecule has 3 atom stereocenters. The lowest BCUT2D eigenvalue weighted by Crippen LogP contribution is -2.44. The standard InChI is InChI=1S/C15H26O4/c1-4-7-8-9-15(6-3)11-12(5-2)13(18-19-15)10-14(16)17/h8-9,12-13H,4-7,10-11H2,1-3H3,(H,16,17)/b9-8+/t12?,13?,15-/m0/s1. The van der Waals surface area contributed by atoms with Crippen LogP contribution >= 0.6 is 0 Å². The number of hydrogen-bond donors (Lipinski definition) is 1. The van der Waals surface area contributed by atoms with Gasteiger partial charge in [-0.25, -0.2) is 9.78 Å². The van der Waals surface area contributed by atoms with Crippen molar-refractivity contribution in [2.24, 2.45) is 5.92 Å². The maximum Gasteiger partial charge on any atom is 0.306 e. The summed E-state index contributed by atoms with van der Waals surface area (Å²) in [4.78, 5) is 21.8. The summed E-state index contributed by atoms with van der Waals surface area (Å²) in [5.41, 5.74) is -0.384. The van der Waals surface area contributed by atoms with E-state index in [0.717, 1.165) is 32.1 Å². The topological polar surface area (TPSA) is 55.8 Å². The molecule has 1 fully saturated rings. The third-order valence-electron chi connectivity index (χ3n) is 3.85. The Labute approximate surface area is 115 Å². The van der Waals surface area contributed by atoms with Gasteiger partial charge in [-0.15, -0.1) is 0 Å². The zero-order valence-corrected chi connectivity index (χ0v) is 12.2. The first-order chi connectivity index (χ1) is 9.06. The van der Waals surface area contributed by atoms with E-state index in [9.17, 15) is 4.79 Å². The third-order valence-corrected chi connectivity index (χ3v) is 3.85. The van der Waals surface area contributed by atoms with E-state index in [1.807, 2.05) is 0 Å². The van der Waals surface area contributed by atoms with Crippen LogP contribution in [0.1, 0.15) is 59.3 Å². The maximum atomic E-state index is 10.8. The Morgan fingerprint density at radius 1 is 1.42 bits per heavy atom. The van der Waals surface area contributed by atoms with Gasteiger partial charge in [0.15, 0.2) is 0 Å². The van der Waals surface area contributed by atoms with Gasteiger partial charge >= 0.3 is 5.97 Å². The molecular weight excluding hydrogens is 244 g/mol. The molecule has 0 bridgehead atoms. The van der Waals surface area contributed by atoms with Crippen LogP contribution in [0.2, 0.25) is 0 Å². The number of carboxylic acid groups (broad SMARTS) is 1. The molecule has 2 unspecified atom stereocenters. The molecule has 1 aliphatic heterocycles. The van der Waals surface area contributed by atoms with E-state index >= 15 is 0 Å². The number of aliphatic carboxylic acids is 1. The molecule has 19 heavy (non-hydrogen) atoms. The molecule has 1 aliphatic rings. The summed E-state index contributed by atoms with van der Waals surface area (Å²) in [5.74, 6) is -0.603. The van der Waals surface area contributed by atoms with Crippen LogP contribution in [0.15, 0.2) is 12.2 Å². The second kappa shape index (κ2) is 7.65. The molecule has 4 heteroatoms. The van der Waals surface area contributed by atoms with Crippen LogP contribution in [0, 0.1) is 5.92 Å². The Bertz CT molecular complexity index is 313. The highest BCUT2D eigenvalue weighted by molar-refractivity contribution is 5.67. The summed E-state index contributed by atoms with van der Waals surface area (Å²) in [6, 6.07) is 0. The predicted octanol–water partition coefficient (Wildman–Crippen LogP) is 3.71. The van der Waals surface area contributed by atoms with Crippen molar-refractivity contribution < 1.29 is 19.7 Å². The van der Waals surface area contributed by atoms with E-state index in [0.29, 0.717) is 0 Å². The first-order valence-electron chi connectivity index (χ1n) is 7.30. The molecule has 4 nitrogen and oxygen atoms in total. The Kier molecular flexibility index (Phi) is 6.52. The molecule has 0 radical (unpaired) electrons. The molecule has 0 aromatic heterocycles. The molecule has 0 spiro atoms. The van der Waals surface area contributed by atoms with Gasteiger partial charge in [0.25, 0.3) is 0 Å². The first-order valence-corrected chi connectivity index (χ1v) is 7.30. The maximum absolute atomic E-state index is 10.8. The lowest BCUT2D eigenvalue weighted by Gasteiger charge is -2.40. The number of unbranched alkanes of at least 4 members (excludes halogenated alkanes) is 1. The Morgan fingerprint density at radius 3 is 2.68 bits per heavy atom. The minimum absolute atomic E-state index is 0.0109. The van der Waals surface area contributed by atoms with Crippen molar-refractivity contribution in [2.45, 2.75) is 71.0 Å². The van der Waals surface area contributed by atoms with E-state index in [1.165, 1.54) is 0 Å². The first kappa shape index (κ1) is 16.2. The highest BCUT2D eigenvalue weighted by Gasteiger charge is 2.40. The SMILES string of the molecule is CCC/C=C/[C@@]1(CC)CC(CC)C(CC(=O)O)OO1. The fraction of sp³-hybridized carbons (Fsp3) is 0.800. The van der Waals surface area contributed by atoms with Gasteiger partial charge in [0, 0.05) is 0 Å². The number of allylic oxidation sites excluding steroid dienone is 1. The molecule has 0 aromatic carbocycles. The summed E-state index contributed by atoms with van der Waals surface area (Å²) < 4.78 is 0. The average Bonchev–Trinajstić information content (AvgIpc) is 2.40. The van der Waals surface area contributed by atoms with Gasteiger partial charge < -0.3 is 5.11 Å². The normalized spacial score (nSPS) is 31.7. The van der Waals surface area contributed by atoms with Crippen LogP contribution in [0.5, 0.6) is 0 Å². The van der Waals surface area contributed by atoms with Crippen LogP contribution in [0.3, 0.4) is 0 Å². The summed E-state index contributed by atoms with van der Waals surface area (Å²) in [5, 5.41) is 8.89. The summed E-state index contributed by atoms with van der Waals surface area (Å²) in [7, 11) is 0. The van der Waals surface area contributed by atoms with Crippen molar-refractivity contribution in [3.8, 4) is 0 Å². The van der Waals surface area contributed by atoms with Crippen molar-refractivity contribution in [1.82, 2.24) is 0 Å². The van der Waals surface area contributed by atoms with Crippen molar-refractivity contribution in [3.05, 3.63) is 12.2 Å². The van der Waals surface area contributed by atoms with Crippen molar-refractivity contribution in [1.29, 1.82) is 0 Å². The number of carbonyl (C=O) groups is 1. The van der Waals surface area contributed by atoms with Crippen LogP contribution in [0.25, 0.3) is 0 Å². The van der Waals surface area contributed by atoms with Gasteiger partial charge in [0.1, 0.15) is 11.7 Å². The van der Waals surface area contributed by atoms with Gasteiger partial charge in [0.05, 0.1) is 6.42 Å². The lowest BCUT2D eigenvalue weighted by atomic mass is 9.81. The Morgan fingerprint density at radius 2 is 2.16 bits per heavy atom. The van der Waals surface area contributed by atoms with Crippen molar-refractivity contribution in [3.63, 3.8) is 0 Å². The molecule has 0 saturated carbocycles. The quantitative estimate of drug-likeness (QED) is 0.566. The smallest absolute Gasteiger partial charge is 0.306 e. The number of hydrogen-bond acceptors (Lipinski definition) is 3. The predicted molar refractivity (Wildman–Crippen MR) is 73.7 cm³/mol. The van der Waals surface area contributed by atoms with Gasteiger partial charge in [-0.2, -0.15) is 0 Å². The Balaban J connectivity index is 2.71. The molecule has 1 saturated heterocycles. The van der Waals surface area contributed by atoms with Crippen LogP contribution in [-0.2, 0) is 14.6 Å². The Hall–Kier alpha value is -0.870. The van der Waals surface area contributed by atoms with Gasteiger partial charge in [-0.3, -0.25) is 4.79 Å². The monoisotopic (exact) mass is 270 g/mol. The van der Waals surface area contributed by atoms with E-state index in [2.05, 4.69) is 32.9 Å². The minimum Gasteiger partial charge on any atom is -0.481 e. The molecule has 0 aromatic rings. The van der Waals surface area contributed by atoms with Gasteiger partial charge in [-0.1, -0.05) is 45.8 Å².